The molecule has 0 heterocycles. The molecule has 0 radical (unpaired) electrons. The highest BCUT2D eigenvalue weighted by molar-refractivity contribution is 5.95. The van der Waals surface area contributed by atoms with Gasteiger partial charge in [-0.1, -0.05) is 12.1 Å². The van der Waals surface area contributed by atoms with Crippen LogP contribution in [-0.4, -0.2) is 12.1 Å². The Kier molecular flexibility index (Phi) is 4.94. The molecule has 0 saturated heterocycles. The number of hydrazone groups is 1. The predicted octanol–water partition coefficient (Wildman–Crippen LogP) is 3.48. The summed E-state index contributed by atoms with van der Waals surface area (Å²) in [6.45, 7) is 0. The van der Waals surface area contributed by atoms with Crippen LogP contribution in [0.2, 0.25) is 0 Å². The summed E-state index contributed by atoms with van der Waals surface area (Å²) < 4.78 is 50.9. The SMILES string of the molecule is N#Cc1ccc(C(=O)NN=Cc2ccc(C(F)(F)F)cc2)c(F)c1. The number of carbonyl (C=O) groups is 1. The van der Waals surface area contributed by atoms with Gasteiger partial charge in [0, 0.05) is 0 Å². The molecule has 8 heteroatoms. The minimum absolute atomic E-state index is 0.0669. The van der Waals surface area contributed by atoms with Crippen molar-refractivity contribution in [2.24, 2.45) is 5.10 Å². The van der Waals surface area contributed by atoms with Crippen molar-refractivity contribution in [1.29, 1.82) is 5.26 Å². The van der Waals surface area contributed by atoms with E-state index in [-0.39, 0.29) is 11.1 Å². The number of nitriles is 1. The predicted molar refractivity (Wildman–Crippen MR) is 77.6 cm³/mol. The average molecular weight is 335 g/mol. The normalized spacial score (nSPS) is 11.3. The fraction of sp³-hybridized carbons (Fsp3) is 0.0625. The van der Waals surface area contributed by atoms with Crippen LogP contribution in [0.1, 0.15) is 27.0 Å². The molecule has 0 bridgehead atoms. The van der Waals surface area contributed by atoms with Crippen LogP contribution in [-0.2, 0) is 6.18 Å². The first-order valence-electron chi connectivity index (χ1n) is 6.51. The number of rotatable bonds is 3. The molecule has 0 aliphatic rings. The number of benzene rings is 2. The lowest BCUT2D eigenvalue weighted by Gasteiger charge is -2.05. The zero-order valence-electron chi connectivity index (χ0n) is 11.9. The Bertz CT molecular complexity index is 821. The van der Waals surface area contributed by atoms with Gasteiger partial charge in [-0.15, -0.1) is 0 Å². The molecule has 4 nitrogen and oxygen atoms in total. The van der Waals surface area contributed by atoms with Gasteiger partial charge in [0.05, 0.1) is 29.0 Å². The van der Waals surface area contributed by atoms with Gasteiger partial charge in [-0.2, -0.15) is 23.5 Å². The summed E-state index contributed by atoms with van der Waals surface area (Å²) in [5.41, 5.74) is 1.34. The first kappa shape index (κ1) is 17.1. The molecule has 2 aromatic rings. The summed E-state index contributed by atoms with van der Waals surface area (Å²) >= 11 is 0. The highest BCUT2D eigenvalue weighted by Crippen LogP contribution is 2.28. The maximum atomic E-state index is 13.6. The first-order chi connectivity index (χ1) is 11.3. The number of nitrogens with one attached hydrogen (secondary N) is 1. The minimum atomic E-state index is -4.43. The fourth-order valence-electron chi connectivity index (χ4n) is 1.75. The molecular weight excluding hydrogens is 326 g/mol. The van der Waals surface area contributed by atoms with Crippen molar-refractivity contribution >= 4 is 12.1 Å². The lowest BCUT2D eigenvalue weighted by Crippen LogP contribution is -2.19. The Balaban J connectivity index is 2.04. The molecule has 0 unspecified atom stereocenters. The zero-order chi connectivity index (χ0) is 17.7. The van der Waals surface area contributed by atoms with E-state index in [1.54, 1.807) is 6.07 Å². The maximum absolute atomic E-state index is 13.6. The van der Waals surface area contributed by atoms with Crippen LogP contribution < -0.4 is 5.43 Å². The third-order valence-electron chi connectivity index (χ3n) is 2.96. The monoisotopic (exact) mass is 335 g/mol. The lowest BCUT2D eigenvalue weighted by atomic mass is 10.1. The summed E-state index contributed by atoms with van der Waals surface area (Å²) in [5.74, 6) is -1.73. The summed E-state index contributed by atoms with van der Waals surface area (Å²) in [4.78, 5) is 11.7. The Morgan fingerprint density at radius 3 is 2.38 bits per heavy atom. The third-order valence-corrected chi connectivity index (χ3v) is 2.96. The Hall–Kier alpha value is -3.21. The second-order valence-corrected chi connectivity index (χ2v) is 4.63. The van der Waals surface area contributed by atoms with Gasteiger partial charge in [0.25, 0.3) is 5.91 Å². The molecule has 1 amide bonds. The molecule has 0 aromatic heterocycles. The van der Waals surface area contributed by atoms with Crippen molar-refractivity contribution in [2.75, 3.05) is 0 Å². The van der Waals surface area contributed by atoms with Crippen molar-refractivity contribution in [3.8, 4) is 6.07 Å². The van der Waals surface area contributed by atoms with Crippen LogP contribution in [0.4, 0.5) is 17.6 Å². The number of hydrogen-bond donors (Lipinski definition) is 1. The molecule has 2 aromatic carbocycles. The van der Waals surface area contributed by atoms with Crippen molar-refractivity contribution in [2.45, 2.75) is 6.18 Å². The molecule has 0 spiro atoms. The second-order valence-electron chi connectivity index (χ2n) is 4.63. The van der Waals surface area contributed by atoms with E-state index < -0.39 is 23.5 Å². The molecule has 24 heavy (non-hydrogen) atoms. The highest BCUT2D eigenvalue weighted by Gasteiger charge is 2.29. The number of halogens is 4. The van der Waals surface area contributed by atoms with E-state index in [1.807, 2.05) is 0 Å². The molecule has 0 fully saturated rings. The Labute approximate surface area is 134 Å². The van der Waals surface area contributed by atoms with Crippen molar-refractivity contribution in [3.05, 3.63) is 70.5 Å². The highest BCUT2D eigenvalue weighted by atomic mass is 19.4. The summed E-state index contributed by atoms with van der Waals surface area (Å²) in [7, 11) is 0. The van der Waals surface area contributed by atoms with E-state index in [9.17, 15) is 22.4 Å². The number of hydrogen-bond acceptors (Lipinski definition) is 3. The third kappa shape index (κ3) is 4.16. The van der Waals surface area contributed by atoms with Crippen molar-refractivity contribution in [3.63, 3.8) is 0 Å². The number of carbonyl (C=O) groups excluding carboxylic acids is 1. The number of nitrogens with zero attached hydrogens (tertiary/aromatic N) is 2. The van der Waals surface area contributed by atoms with Crippen molar-refractivity contribution < 1.29 is 22.4 Å². The molecular formula is C16H9F4N3O. The van der Waals surface area contributed by atoms with Crippen LogP contribution in [0.25, 0.3) is 0 Å². The number of amides is 1. The molecule has 2 rings (SSSR count). The molecule has 0 aliphatic heterocycles. The number of alkyl halides is 3. The van der Waals surface area contributed by atoms with Gasteiger partial charge in [0.2, 0.25) is 0 Å². The molecule has 122 valence electrons. The van der Waals surface area contributed by atoms with Crippen molar-refractivity contribution in [1.82, 2.24) is 5.43 Å². The van der Waals surface area contributed by atoms with Gasteiger partial charge < -0.3 is 0 Å². The van der Waals surface area contributed by atoms with Crippen LogP contribution >= 0.6 is 0 Å². The largest absolute Gasteiger partial charge is 0.416 e. The Morgan fingerprint density at radius 2 is 1.83 bits per heavy atom. The van der Waals surface area contributed by atoms with Gasteiger partial charge in [0.15, 0.2) is 0 Å². The second kappa shape index (κ2) is 6.91. The van der Waals surface area contributed by atoms with E-state index in [0.717, 1.165) is 30.5 Å². The van der Waals surface area contributed by atoms with Crippen LogP contribution in [0, 0.1) is 17.1 Å². The molecule has 0 saturated carbocycles. The minimum Gasteiger partial charge on any atom is -0.267 e. The topological polar surface area (TPSA) is 65.2 Å². The zero-order valence-corrected chi connectivity index (χ0v) is 11.9. The van der Waals surface area contributed by atoms with Gasteiger partial charge in [-0.25, -0.2) is 9.82 Å². The lowest BCUT2D eigenvalue weighted by molar-refractivity contribution is -0.137. The standard InChI is InChI=1S/C16H9F4N3O/c17-14-7-11(8-21)3-6-13(14)15(24)23-22-9-10-1-4-12(5-2-10)16(18,19)20/h1-7,9H,(H,23,24). The summed E-state index contributed by atoms with van der Waals surface area (Å²) in [6.07, 6.45) is -3.31. The molecule has 1 N–H and O–H groups in total. The Morgan fingerprint density at radius 1 is 1.17 bits per heavy atom. The van der Waals surface area contributed by atoms with E-state index >= 15 is 0 Å². The van der Waals surface area contributed by atoms with E-state index in [2.05, 4.69) is 10.5 Å². The van der Waals surface area contributed by atoms with Gasteiger partial charge in [-0.05, 0) is 35.9 Å². The smallest absolute Gasteiger partial charge is 0.267 e. The summed E-state index contributed by atoms with van der Waals surface area (Å²) in [6, 6.07) is 9.17. The quantitative estimate of drug-likeness (QED) is 0.530. The first-order valence-corrected chi connectivity index (χ1v) is 6.51. The van der Waals surface area contributed by atoms with Gasteiger partial charge in [0.1, 0.15) is 5.82 Å². The maximum Gasteiger partial charge on any atom is 0.416 e. The summed E-state index contributed by atoms with van der Waals surface area (Å²) in [5, 5.41) is 12.2. The average Bonchev–Trinajstić information content (AvgIpc) is 2.54. The van der Waals surface area contributed by atoms with E-state index in [0.29, 0.717) is 5.56 Å². The van der Waals surface area contributed by atoms with Crippen LogP contribution in [0.15, 0.2) is 47.6 Å². The van der Waals surface area contributed by atoms with E-state index in [1.165, 1.54) is 18.2 Å². The van der Waals surface area contributed by atoms with Crippen LogP contribution in [0.5, 0.6) is 0 Å². The molecule has 0 aliphatic carbocycles. The van der Waals surface area contributed by atoms with Gasteiger partial charge >= 0.3 is 6.18 Å². The van der Waals surface area contributed by atoms with Gasteiger partial charge in [-0.3, -0.25) is 4.79 Å². The molecule has 0 atom stereocenters. The van der Waals surface area contributed by atoms with E-state index in [4.69, 9.17) is 5.26 Å². The fourth-order valence-corrected chi connectivity index (χ4v) is 1.75. The van der Waals surface area contributed by atoms with Crippen LogP contribution in [0.3, 0.4) is 0 Å².